The van der Waals surface area contributed by atoms with Crippen LogP contribution in [0.15, 0.2) is 61.1 Å². The Kier molecular flexibility index (Phi) is 5.37. The van der Waals surface area contributed by atoms with Crippen molar-refractivity contribution in [2.45, 2.75) is 13.0 Å². The highest BCUT2D eigenvalue weighted by molar-refractivity contribution is 6.07. The number of nitrogen functional groups attached to an aromatic ring is 1. The number of carbonyl (C=O) groups is 1. The van der Waals surface area contributed by atoms with Crippen molar-refractivity contribution in [3.63, 3.8) is 0 Å². The van der Waals surface area contributed by atoms with Gasteiger partial charge in [0.2, 0.25) is 5.95 Å². The number of benzene rings is 2. The van der Waals surface area contributed by atoms with E-state index >= 15 is 0 Å². The van der Waals surface area contributed by atoms with Gasteiger partial charge in [-0.2, -0.15) is 0 Å². The topological polar surface area (TPSA) is 85.8 Å². The van der Waals surface area contributed by atoms with Crippen LogP contribution in [0.3, 0.4) is 0 Å². The zero-order valence-corrected chi connectivity index (χ0v) is 17.1. The van der Waals surface area contributed by atoms with Crippen LogP contribution in [-0.4, -0.2) is 20.4 Å². The van der Waals surface area contributed by atoms with Crippen molar-refractivity contribution in [1.29, 1.82) is 0 Å². The Morgan fingerprint density at radius 2 is 1.87 bits per heavy atom. The molecule has 0 saturated heterocycles. The number of halogens is 1. The van der Waals surface area contributed by atoms with Crippen LogP contribution >= 0.6 is 0 Å². The van der Waals surface area contributed by atoms with Crippen molar-refractivity contribution in [3.8, 4) is 11.8 Å². The summed E-state index contributed by atoms with van der Waals surface area (Å²) in [6.07, 6.45) is 4.90. The third-order valence-corrected chi connectivity index (χ3v) is 4.95. The van der Waals surface area contributed by atoms with Gasteiger partial charge in [0.1, 0.15) is 5.82 Å². The first-order chi connectivity index (χ1) is 14.9. The molecule has 0 spiro atoms. The summed E-state index contributed by atoms with van der Waals surface area (Å²) in [5.74, 6) is 5.68. The minimum absolute atomic E-state index is 0.194. The van der Waals surface area contributed by atoms with Crippen molar-refractivity contribution in [2.24, 2.45) is 7.05 Å². The lowest BCUT2D eigenvalue weighted by Crippen LogP contribution is -2.26. The number of hydrogen-bond acceptors (Lipinski definition) is 4. The molecular formula is C24H20FN5O. The smallest absolute Gasteiger partial charge is 0.253 e. The van der Waals surface area contributed by atoms with Crippen molar-refractivity contribution >= 4 is 22.8 Å². The molecule has 2 aromatic carbocycles. The molecule has 2 heterocycles. The molecule has 1 amide bonds. The molecule has 0 bridgehead atoms. The quantitative estimate of drug-likeness (QED) is 0.503. The molecule has 0 unspecified atom stereocenters. The number of aryl methyl sites for hydroxylation is 1. The minimum atomic E-state index is -0.341. The fourth-order valence-electron chi connectivity index (χ4n) is 3.33. The maximum atomic E-state index is 13.5. The highest BCUT2D eigenvalue weighted by atomic mass is 19.1. The third kappa shape index (κ3) is 4.38. The van der Waals surface area contributed by atoms with Gasteiger partial charge >= 0.3 is 0 Å². The van der Waals surface area contributed by atoms with Crippen LogP contribution < -0.4 is 11.1 Å². The van der Waals surface area contributed by atoms with E-state index in [0.29, 0.717) is 16.7 Å². The lowest BCUT2D eigenvalue weighted by molar-refractivity contribution is 0.0941. The molecule has 31 heavy (non-hydrogen) atoms. The zero-order chi connectivity index (χ0) is 22.0. The van der Waals surface area contributed by atoms with Gasteiger partial charge in [-0.05, 0) is 42.8 Å². The molecule has 1 atom stereocenters. The van der Waals surface area contributed by atoms with Crippen LogP contribution in [0, 0.1) is 17.7 Å². The molecule has 154 valence electrons. The molecule has 4 rings (SSSR count). The zero-order valence-electron chi connectivity index (χ0n) is 17.1. The number of anilines is 1. The largest absolute Gasteiger partial charge is 0.368 e. The number of nitrogens with zero attached hydrogens (tertiary/aromatic N) is 3. The van der Waals surface area contributed by atoms with E-state index in [-0.39, 0.29) is 23.7 Å². The average molecular weight is 413 g/mol. The van der Waals surface area contributed by atoms with Crippen LogP contribution in [0.4, 0.5) is 10.3 Å². The molecular weight excluding hydrogens is 393 g/mol. The SMILES string of the molecule is C[C@H](NC(=O)c1cn(C)c2ccc(C#Cc3cnc(N)nc3)cc12)c1cccc(F)c1. The van der Waals surface area contributed by atoms with Crippen LogP contribution in [0.2, 0.25) is 0 Å². The first-order valence-electron chi connectivity index (χ1n) is 9.65. The van der Waals surface area contributed by atoms with Crippen LogP contribution in [0.5, 0.6) is 0 Å². The summed E-state index contributed by atoms with van der Waals surface area (Å²) in [6, 6.07) is 11.6. The van der Waals surface area contributed by atoms with E-state index in [2.05, 4.69) is 27.1 Å². The van der Waals surface area contributed by atoms with Gasteiger partial charge in [-0.3, -0.25) is 4.79 Å². The molecule has 0 aliphatic heterocycles. The van der Waals surface area contributed by atoms with E-state index < -0.39 is 0 Å². The van der Waals surface area contributed by atoms with E-state index in [1.165, 1.54) is 12.1 Å². The molecule has 2 aromatic heterocycles. The monoisotopic (exact) mass is 413 g/mol. The van der Waals surface area contributed by atoms with Crippen LogP contribution in [0.1, 0.15) is 40.0 Å². The molecule has 4 aromatic rings. The molecule has 0 radical (unpaired) electrons. The molecule has 6 nitrogen and oxygen atoms in total. The Labute approximate surface area is 178 Å². The highest BCUT2D eigenvalue weighted by Crippen LogP contribution is 2.23. The first-order valence-corrected chi connectivity index (χ1v) is 9.65. The van der Waals surface area contributed by atoms with Gasteiger partial charge in [-0.1, -0.05) is 24.0 Å². The first kappa shape index (κ1) is 20.1. The van der Waals surface area contributed by atoms with Gasteiger partial charge in [0.05, 0.1) is 17.2 Å². The summed E-state index contributed by atoms with van der Waals surface area (Å²) in [5, 5.41) is 3.73. The fraction of sp³-hybridized carbons (Fsp3) is 0.125. The summed E-state index contributed by atoms with van der Waals surface area (Å²) in [4.78, 5) is 20.8. The number of nitrogens with one attached hydrogen (secondary N) is 1. The van der Waals surface area contributed by atoms with E-state index in [9.17, 15) is 9.18 Å². The summed E-state index contributed by atoms with van der Waals surface area (Å²) in [5.41, 5.74) is 9.02. The number of fused-ring (bicyclic) bond motifs is 1. The number of rotatable bonds is 3. The van der Waals surface area contributed by atoms with Crippen molar-refractivity contribution < 1.29 is 9.18 Å². The summed E-state index contributed by atoms with van der Waals surface area (Å²) in [7, 11) is 1.88. The highest BCUT2D eigenvalue weighted by Gasteiger charge is 2.17. The van der Waals surface area contributed by atoms with Gasteiger partial charge in [0, 0.05) is 42.1 Å². The van der Waals surface area contributed by atoms with Gasteiger partial charge < -0.3 is 15.6 Å². The van der Waals surface area contributed by atoms with E-state index in [0.717, 1.165) is 16.5 Å². The third-order valence-electron chi connectivity index (χ3n) is 4.95. The second-order valence-electron chi connectivity index (χ2n) is 7.22. The predicted molar refractivity (Wildman–Crippen MR) is 118 cm³/mol. The molecule has 0 fully saturated rings. The van der Waals surface area contributed by atoms with Crippen molar-refractivity contribution in [1.82, 2.24) is 19.9 Å². The van der Waals surface area contributed by atoms with Crippen LogP contribution in [0.25, 0.3) is 10.9 Å². The second-order valence-corrected chi connectivity index (χ2v) is 7.22. The van der Waals surface area contributed by atoms with E-state index in [1.807, 2.05) is 36.7 Å². The van der Waals surface area contributed by atoms with Crippen molar-refractivity contribution in [3.05, 3.63) is 89.1 Å². The summed E-state index contributed by atoms with van der Waals surface area (Å²) >= 11 is 0. The fourth-order valence-corrected chi connectivity index (χ4v) is 3.33. The second kappa shape index (κ2) is 8.28. The lowest BCUT2D eigenvalue weighted by atomic mass is 10.1. The standard InChI is InChI=1S/C24H20FN5O/c1-15(18-4-3-5-19(25)11-18)29-23(31)21-14-30(2)22-9-8-16(10-20(21)22)6-7-17-12-27-24(26)28-13-17/h3-5,8-15H,1-2H3,(H,29,31)(H2,26,27,28)/t15-/m0/s1. The Hall–Kier alpha value is -4.18. The number of amides is 1. The molecule has 0 aliphatic carbocycles. The predicted octanol–water partition coefficient (Wildman–Crippen LogP) is 3.58. The summed E-state index contributed by atoms with van der Waals surface area (Å²) < 4.78 is 15.4. The minimum Gasteiger partial charge on any atom is -0.368 e. The van der Waals surface area contributed by atoms with Gasteiger partial charge in [0.25, 0.3) is 5.91 Å². The maximum absolute atomic E-state index is 13.5. The lowest BCUT2D eigenvalue weighted by Gasteiger charge is -2.14. The van der Waals surface area contributed by atoms with Gasteiger partial charge in [-0.25, -0.2) is 14.4 Å². The Morgan fingerprint density at radius 3 is 2.61 bits per heavy atom. The Balaban J connectivity index is 1.62. The summed E-state index contributed by atoms with van der Waals surface area (Å²) in [6.45, 7) is 1.82. The van der Waals surface area contributed by atoms with Gasteiger partial charge in [-0.15, -0.1) is 0 Å². The number of nitrogens with two attached hydrogens (primary N) is 1. The normalized spacial score (nSPS) is 11.6. The maximum Gasteiger partial charge on any atom is 0.253 e. The average Bonchev–Trinajstić information content (AvgIpc) is 3.09. The molecule has 0 aliphatic rings. The number of aromatic nitrogens is 3. The Morgan fingerprint density at radius 1 is 1.13 bits per heavy atom. The molecule has 7 heteroatoms. The van der Waals surface area contributed by atoms with Crippen LogP contribution in [-0.2, 0) is 7.05 Å². The van der Waals surface area contributed by atoms with Gasteiger partial charge in [0.15, 0.2) is 0 Å². The van der Waals surface area contributed by atoms with E-state index in [1.54, 1.807) is 30.7 Å². The van der Waals surface area contributed by atoms with Crippen molar-refractivity contribution in [2.75, 3.05) is 5.73 Å². The Bertz CT molecular complexity index is 1330. The number of carbonyl (C=O) groups excluding carboxylic acids is 1. The number of hydrogen-bond donors (Lipinski definition) is 2. The van der Waals surface area contributed by atoms with E-state index in [4.69, 9.17) is 5.73 Å². The molecule has 0 saturated carbocycles. The molecule has 3 N–H and O–H groups in total.